The summed E-state index contributed by atoms with van der Waals surface area (Å²) in [6.45, 7) is 0.997. The Morgan fingerprint density at radius 1 is 0.957 bits per heavy atom. The van der Waals surface area contributed by atoms with Crippen molar-refractivity contribution in [3.8, 4) is 5.75 Å². The fourth-order valence-electron chi connectivity index (χ4n) is 2.42. The third kappa shape index (κ3) is 5.12. The van der Waals surface area contributed by atoms with Crippen LogP contribution in [0.5, 0.6) is 5.75 Å². The number of hydrogen-bond acceptors (Lipinski definition) is 1. The van der Waals surface area contributed by atoms with Crippen molar-refractivity contribution in [2.45, 2.75) is 6.42 Å². The van der Waals surface area contributed by atoms with Crippen molar-refractivity contribution in [3.05, 3.63) is 59.7 Å². The zero-order valence-corrected chi connectivity index (χ0v) is 12.6. The van der Waals surface area contributed by atoms with Gasteiger partial charge in [0, 0.05) is 18.1 Å². The molecule has 0 N–H and O–H groups in total. The monoisotopic (exact) mass is 325 g/mol. The molecule has 0 atom stereocenters. The molecular formula is C16H16BF4NO. The molecule has 2 aromatic rings. The Labute approximate surface area is 132 Å². The predicted octanol–water partition coefficient (Wildman–Crippen LogP) is 4.31. The molecule has 3 rings (SSSR count). The summed E-state index contributed by atoms with van der Waals surface area (Å²) >= 11 is 0. The van der Waals surface area contributed by atoms with Crippen LogP contribution in [0, 0.1) is 0 Å². The molecule has 0 saturated heterocycles. The first-order valence-corrected chi connectivity index (χ1v) is 7.08. The van der Waals surface area contributed by atoms with Gasteiger partial charge in [0.05, 0.1) is 7.11 Å². The van der Waals surface area contributed by atoms with Crippen molar-refractivity contribution in [1.82, 2.24) is 0 Å². The Morgan fingerprint density at radius 3 is 2.26 bits per heavy atom. The summed E-state index contributed by atoms with van der Waals surface area (Å²) in [7, 11) is -4.28. The highest BCUT2D eigenvalue weighted by atomic mass is 19.5. The van der Waals surface area contributed by atoms with Crippen molar-refractivity contribution in [3.63, 3.8) is 0 Å². The Hall–Kier alpha value is -2.31. The van der Waals surface area contributed by atoms with Crippen LogP contribution in [0.3, 0.4) is 0 Å². The second-order valence-corrected chi connectivity index (χ2v) is 4.94. The molecule has 0 aliphatic carbocycles. The summed E-state index contributed by atoms with van der Waals surface area (Å²) in [6.07, 6.45) is 3.28. The maximum Gasteiger partial charge on any atom is 0.673 e. The second-order valence-electron chi connectivity index (χ2n) is 4.94. The lowest BCUT2D eigenvalue weighted by molar-refractivity contribution is -0.437. The average Bonchev–Trinajstić information content (AvgIpc) is 2.53. The van der Waals surface area contributed by atoms with E-state index in [1.54, 1.807) is 7.11 Å². The first kappa shape index (κ1) is 17.1. The van der Waals surface area contributed by atoms with Gasteiger partial charge in [0.1, 0.15) is 0 Å². The summed E-state index contributed by atoms with van der Waals surface area (Å²) in [5.41, 5.74) is 3.85. The van der Waals surface area contributed by atoms with Crippen molar-refractivity contribution in [1.29, 1.82) is 0 Å². The molecule has 0 radical (unpaired) electrons. The van der Waals surface area contributed by atoms with Gasteiger partial charge < -0.3 is 22.0 Å². The normalized spacial score (nSPS) is 13.3. The lowest BCUT2D eigenvalue weighted by Gasteiger charge is -2.13. The SMILES string of the molecule is COc1ccccc1[N+]1=Cc2ccccc2CC1.F[B-](F)(F)F. The van der Waals surface area contributed by atoms with Crippen molar-refractivity contribution in [2.75, 3.05) is 13.7 Å². The summed E-state index contributed by atoms with van der Waals surface area (Å²) in [6, 6.07) is 16.7. The number of para-hydroxylation sites is 2. The second kappa shape index (κ2) is 7.31. The number of methoxy groups -OCH3 is 1. The molecule has 0 fully saturated rings. The molecule has 1 heterocycles. The van der Waals surface area contributed by atoms with Gasteiger partial charge in [0.2, 0.25) is 5.69 Å². The molecular weight excluding hydrogens is 309 g/mol. The molecule has 2 aromatic carbocycles. The maximum absolute atomic E-state index is 9.75. The van der Waals surface area contributed by atoms with Crippen LogP contribution in [0.15, 0.2) is 48.5 Å². The standard InChI is InChI=1S/C16H16NO.BF4/c1-18-16-9-5-4-8-15(16)17-11-10-13-6-2-3-7-14(13)12-17;2-1(3,4)5/h2-9,12H,10-11H2,1H3;/q+1;-1. The lowest BCUT2D eigenvalue weighted by Crippen LogP contribution is -2.19. The Balaban J connectivity index is 0.000000338. The molecule has 0 bridgehead atoms. The molecule has 1 aliphatic heterocycles. The van der Waals surface area contributed by atoms with Crippen molar-refractivity contribution < 1.29 is 26.6 Å². The highest BCUT2D eigenvalue weighted by Gasteiger charge is 2.21. The van der Waals surface area contributed by atoms with Gasteiger partial charge in [-0.3, -0.25) is 0 Å². The molecule has 23 heavy (non-hydrogen) atoms. The minimum absolute atomic E-state index is 0.924. The van der Waals surface area contributed by atoms with Crippen LogP contribution in [0.2, 0.25) is 0 Å². The first-order chi connectivity index (χ1) is 10.9. The summed E-state index contributed by atoms with van der Waals surface area (Å²) in [5.74, 6) is 0.924. The van der Waals surface area contributed by atoms with E-state index < -0.39 is 7.25 Å². The Morgan fingerprint density at radius 2 is 1.57 bits per heavy atom. The van der Waals surface area contributed by atoms with Gasteiger partial charge in [-0.05, 0) is 17.7 Å². The first-order valence-electron chi connectivity index (χ1n) is 7.08. The number of benzene rings is 2. The van der Waals surface area contributed by atoms with Crippen molar-refractivity contribution >= 4 is 19.2 Å². The minimum atomic E-state index is -6.00. The van der Waals surface area contributed by atoms with Gasteiger partial charge in [-0.25, -0.2) is 0 Å². The number of ether oxygens (including phenoxy) is 1. The number of fused-ring (bicyclic) bond motifs is 1. The fraction of sp³-hybridized carbons (Fsp3) is 0.188. The third-order valence-corrected chi connectivity index (χ3v) is 3.37. The van der Waals surface area contributed by atoms with E-state index in [-0.39, 0.29) is 0 Å². The smallest absolute Gasteiger partial charge is 0.490 e. The number of halogens is 4. The predicted molar refractivity (Wildman–Crippen MR) is 83.3 cm³/mol. The molecule has 0 saturated carbocycles. The van der Waals surface area contributed by atoms with Crippen molar-refractivity contribution in [2.24, 2.45) is 0 Å². The number of rotatable bonds is 2. The average molecular weight is 325 g/mol. The van der Waals surface area contributed by atoms with Crippen LogP contribution in [-0.2, 0) is 6.42 Å². The summed E-state index contributed by atoms with van der Waals surface area (Å²) in [5, 5.41) is 0. The van der Waals surface area contributed by atoms with Crippen LogP contribution in [0.1, 0.15) is 11.1 Å². The Kier molecular flexibility index (Phi) is 5.42. The van der Waals surface area contributed by atoms with E-state index in [4.69, 9.17) is 4.74 Å². The highest BCUT2D eigenvalue weighted by molar-refractivity contribution is 6.50. The molecule has 0 spiro atoms. The molecule has 7 heteroatoms. The van der Waals surface area contributed by atoms with Crippen LogP contribution >= 0.6 is 0 Å². The van der Waals surface area contributed by atoms with Crippen LogP contribution in [0.4, 0.5) is 23.0 Å². The zero-order chi connectivity index (χ0) is 16.9. The van der Waals surface area contributed by atoms with Gasteiger partial charge in [0.15, 0.2) is 18.5 Å². The van der Waals surface area contributed by atoms with Crippen LogP contribution in [-0.4, -0.2) is 31.7 Å². The quantitative estimate of drug-likeness (QED) is 0.455. The number of nitrogens with zero attached hydrogens (tertiary/aromatic N) is 1. The van der Waals surface area contributed by atoms with Gasteiger partial charge >= 0.3 is 7.25 Å². The fourth-order valence-corrected chi connectivity index (χ4v) is 2.42. The minimum Gasteiger partial charge on any atom is -0.490 e. The van der Waals surface area contributed by atoms with E-state index in [2.05, 4.69) is 41.1 Å². The van der Waals surface area contributed by atoms with E-state index in [0.717, 1.165) is 24.4 Å². The molecule has 0 aromatic heterocycles. The molecule has 0 amide bonds. The number of hydrogen-bond donors (Lipinski definition) is 0. The van der Waals surface area contributed by atoms with E-state index in [9.17, 15) is 17.3 Å². The van der Waals surface area contributed by atoms with Gasteiger partial charge in [-0.2, -0.15) is 4.58 Å². The van der Waals surface area contributed by atoms with Crippen LogP contribution < -0.4 is 4.74 Å². The molecule has 1 aliphatic rings. The van der Waals surface area contributed by atoms with Gasteiger partial charge in [0.25, 0.3) is 0 Å². The lowest BCUT2D eigenvalue weighted by atomic mass is 10.0. The maximum atomic E-state index is 9.75. The van der Waals surface area contributed by atoms with E-state index in [1.165, 1.54) is 11.1 Å². The molecule has 0 unspecified atom stereocenters. The van der Waals surface area contributed by atoms with E-state index in [1.807, 2.05) is 18.2 Å². The van der Waals surface area contributed by atoms with Gasteiger partial charge in [-0.1, -0.05) is 30.3 Å². The molecule has 2 nitrogen and oxygen atoms in total. The molecule has 122 valence electrons. The third-order valence-electron chi connectivity index (χ3n) is 3.37. The summed E-state index contributed by atoms with van der Waals surface area (Å²) in [4.78, 5) is 0. The highest BCUT2D eigenvalue weighted by Crippen LogP contribution is 2.27. The van der Waals surface area contributed by atoms with E-state index in [0.29, 0.717) is 0 Å². The van der Waals surface area contributed by atoms with E-state index >= 15 is 0 Å². The zero-order valence-electron chi connectivity index (χ0n) is 12.6. The van der Waals surface area contributed by atoms with Gasteiger partial charge in [-0.15, -0.1) is 0 Å². The Bertz CT molecular complexity index is 694. The van der Waals surface area contributed by atoms with Crippen LogP contribution in [0.25, 0.3) is 0 Å². The largest absolute Gasteiger partial charge is 0.673 e. The summed E-state index contributed by atoms with van der Waals surface area (Å²) < 4.78 is 46.7. The topological polar surface area (TPSA) is 12.2 Å².